The van der Waals surface area contributed by atoms with Crippen molar-refractivity contribution in [3.05, 3.63) is 35.6 Å². The molecule has 0 aromatic heterocycles. The van der Waals surface area contributed by atoms with Gasteiger partial charge in [0.25, 0.3) is 0 Å². The van der Waals surface area contributed by atoms with Crippen molar-refractivity contribution < 1.29 is 9.18 Å². The van der Waals surface area contributed by atoms with E-state index in [4.69, 9.17) is 5.73 Å². The molecule has 88 valence electrons. The second-order valence-electron chi connectivity index (χ2n) is 3.84. The summed E-state index contributed by atoms with van der Waals surface area (Å²) >= 11 is 0. The highest BCUT2D eigenvalue weighted by atomic mass is 19.1. The number of hydrogen-bond acceptors (Lipinski definition) is 2. The van der Waals surface area contributed by atoms with Crippen LogP contribution in [0.1, 0.15) is 18.9 Å². The number of rotatable bonds is 4. The Morgan fingerprint density at radius 1 is 1.56 bits per heavy atom. The summed E-state index contributed by atoms with van der Waals surface area (Å²) in [6, 6.07) is 5.73. The second kappa shape index (κ2) is 5.61. The van der Waals surface area contributed by atoms with E-state index < -0.39 is 6.04 Å². The molecule has 0 heterocycles. The first-order chi connectivity index (χ1) is 7.54. The molecule has 0 fully saturated rings. The molecule has 0 spiro atoms. The largest absolute Gasteiger partial charge is 0.340 e. The van der Waals surface area contributed by atoms with Crippen molar-refractivity contribution in [2.24, 2.45) is 5.73 Å². The molecule has 1 amide bonds. The average molecular weight is 224 g/mol. The predicted molar refractivity (Wildman–Crippen MR) is 61.1 cm³/mol. The van der Waals surface area contributed by atoms with Crippen LogP contribution in [0.2, 0.25) is 0 Å². The van der Waals surface area contributed by atoms with Crippen molar-refractivity contribution in [3.63, 3.8) is 0 Å². The summed E-state index contributed by atoms with van der Waals surface area (Å²) in [7, 11) is 1.67. The van der Waals surface area contributed by atoms with Crippen LogP contribution in [-0.4, -0.2) is 23.9 Å². The summed E-state index contributed by atoms with van der Waals surface area (Å²) in [6.45, 7) is 2.24. The van der Waals surface area contributed by atoms with Crippen molar-refractivity contribution in [3.8, 4) is 0 Å². The zero-order valence-electron chi connectivity index (χ0n) is 9.61. The molecular weight excluding hydrogens is 207 g/mol. The fraction of sp³-hybridized carbons (Fsp3) is 0.417. The fourth-order valence-electron chi connectivity index (χ4n) is 1.44. The van der Waals surface area contributed by atoms with Gasteiger partial charge in [-0.25, -0.2) is 4.39 Å². The van der Waals surface area contributed by atoms with Gasteiger partial charge in [0.05, 0.1) is 6.04 Å². The molecule has 0 saturated carbocycles. The summed E-state index contributed by atoms with van der Waals surface area (Å²) in [4.78, 5) is 13.2. The molecular formula is C12H17FN2O. The number of nitrogens with zero attached hydrogens (tertiary/aromatic N) is 1. The summed E-state index contributed by atoms with van der Waals surface area (Å²) in [5.74, 6) is -0.412. The van der Waals surface area contributed by atoms with Gasteiger partial charge in [0.15, 0.2) is 0 Å². The lowest BCUT2D eigenvalue weighted by molar-refractivity contribution is -0.131. The summed E-state index contributed by atoms with van der Waals surface area (Å²) in [6.07, 6.45) is 0.603. The first kappa shape index (κ1) is 12.6. The van der Waals surface area contributed by atoms with E-state index in [2.05, 4.69) is 0 Å². The molecule has 1 aromatic rings. The highest BCUT2D eigenvalue weighted by Crippen LogP contribution is 2.07. The van der Waals surface area contributed by atoms with E-state index in [9.17, 15) is 9.18 Å². The van der Waals surface area contributed by atoms with Gasteiger partial charge in [-0.15, -0.1) is 0 Å². The number of hydrogen-bond donors (Lipinski definition) is 1. The first-order valence-corrected chi connectivity index (χ1v) is 5.29. The third kappa shape index (κ3) is 3.31. The van der Waals surface area contributed by atoms with E-state index in [1.807, 2.05) is 6.92 Å². The predicted octanol–water partition coefficient (Wildman–Crippen LogP) is 1.52. The van der Waals surface area contributed by atoms with Gasteiger partial charge in [0.1, 0.15) is 5.82 Å². The van der Waals surface area contributed by atoms with Crippen LogP contribution in [0.15, 0.2) is 24.3 Å². The Labute approximate surface area is 95.0 Å². The van der Waals surface area contributed by atoms with Crippen LogP contribution in [0.25, 0.3) is 0 Å². The van der Waals surface area contributed by atoms with Gasteiger partial charge in [0, 0.05) is 13.6 Å². The average Bonchev–Trinajstić information content (AvgIpc) is 2.27. The van der Waals surface area contributed by atoms with E-state index >= 15 is 0 Å². The molecule has 0 aliphatic heterocycles. The quantitative estimate of drug-likeness (QED) is 0.842. The van der Waals surface area contributed by atoms with Crippen LogP contribution in [0.4, 0.5) is 4.39 Å². The van der Waals surface area contributed by atoms with Gasteiger partial charge >= 0.3 is 0 Å². The second-order valence-corrected chi connectivity index (χ2v) is 3.84. The molecule has 2 N–H and O–H groups in total. The van der Waals surface area contributed by atoms with Crippen molar-refractivity contribution in [1.29, 1.82) is 0 Å². The van der Waals surface area contributed by atoms with Gasteiger partial charge in [-0.05, 0) is 24.1 Å². The number of carbonyl (C=O) groups is 1. The van der Waals surface area contributed by atoms with E-state index in [0.29, 0.717) is 13.0 Å². The lowest BCUT2D eigenvalue weighted by atomic mass is 10.1. The van der Waals surface area contributed by atoms with Gasteiger partial charge in [0.2, 0.25) is 5.91 Å². The molecule has 0 aliphatic carbocycles. The van der Waals surface area contributed by atoms with E-state index in [-0.39, 0.29) is 11.7 Å². The van der Waals surface area contributed by atoms with Crippen LogP contribution in [0.5, 0.6) is 0 Å². The van der Waals surface area contributed by atoms with Crippen LogP contribution in [0.3, 0.4) is 0 Å². The van der Waals surface area contributed by atoms with E-state index in [1.54, 1.807) is 19.2 Å². The van der Waals surface area contributed by atoms with E-state index in [0.717, 1.165) is 5.56 Å². The Balaban J connectivity index is 2.64. The summed E-state index contributed by atoms with van der Waals surface area (Å²) < 4.78 is 12.9. The molecule has 16 heavy (non-hydrogen) atoms. The van der Waals surface area contributed by atoms with Gasteiger partial charge in [-0.3, -0.25) is 4.79 Å². The third-order valence-corrected chi connectivity index (χ3v) is 2.44. The summed E-state index contributed by atoms with van der Waals surface area (Å²) in [5, 5.41) is 0. The number of carbonyl (C=O) groups excluding carboxylic acids is 1. The zero-order valence-corrected chi connectivity index (χ0v) is 9.61. The highest BCUT2D eigenvalue weighted by Gasteiger charge is 2.16. The number of nitrogens with two attached hydrogens (primary N) is 1. The standard InChI is InChI=1S/C12H17FN2O/c1-3-11(14)12(16)15(2)8-9-5-4-6-10(13)7-9/h4-7,11H,3,8,14H2,1-2H3. The maximum atomic E-state index is 12.9. The van der Waals surface area contributed by atoms with Gasteiger partial charge in [-0.2, -0.15) is 0 Å². The third-order valence-electron chi connectivity index (χ3n) is 2.44. The summed E-state index contributed by atoms with van der Waals surface area (Å²) in [5.41, 5.74) is 6.40. The topological polar surface area (TPSA) is 46.3 Å². The first-order valence-electron chi connectivity index (χ1n) is 5.29. The monoisotopic (exact) mass is 224 g/mol. The van der Waals surface area contributed by atoms with Crippen molar-refractivity contribution >= 4 is 5.91 Å². The number of benzene rings is 1. The maximum Gasteiger partial charge on any atom is 0.239 e. The Bertz CT molecular complexity index is 368. The lowest BCUT2D eigenvalue weighted by Gasteiger charge is -2.20. The Morgan fingerprint density at radius 3 is 2.81 bits per heavy atom. The number of likely N-dealkylation sites (N-methyl/N-ethyl adjacent to an activating group) is 1. The minimum atomic E-state index is -0.474. The van der Waals surface area contributed by atoms with Crippen molar-refractivity contribution in [1.82, 2.24) is 4.90 Å². The number of halogens is 1. The minimum absolute atomic E-state index is 0.119. The molecule has 0 saturated heterocycles. The molecule has 0 radical (unpaired) electrons. The van der Waals surface area contributed by atoms with Gasteiger partial charge in [-0.1, -0.05) is 19.1 Å². The molecule has 3 nitrogen and oxygen atoms in total. The van der Waals surface area contributed by atoms with Crippen molar-refractivity contribution in [2.45, 2.75) is 25.9 Å². The zero-order chi connectivity index (χ0) is 12.1. The molecule has 1 rings (SSSR count). The fourth-order valence-corrected chi connectivity index (χ4v) is 1.44. The minimum Gasteiger partial charge on any atom is -0.340 e. The highest BCUT2D eigenvalue weighted by molar-refractivity contribution is 5.81. The van der Waals surface area contributed by atoms with Crippen LogP contribution < -0.4 is 5.73 Å². The molecule has 4 heteroatoms. The molecule has 0 bridgehead atoms. The molecule has 1 unspecified atom stereocenters. The Hall–Kier alpha value is -1.42. The molecule has 0 aliphatic rings. The lowest BCUT2D eigenvalue weighted by Crippen LogP contribution is -2.40. The SMILES string of the molecule is CCC(N)C(=O)N(C)Cc1cccc(F)c1. The smallest absolute Gasteiger partial charge is 0.239 e. The maximum absolute atomic E-state index is 12.9. The van der Waals surface area contributed by atoms with Crippen LogP contribution >= 0.6 is 0 Å². The number of amides is 1. The van der Waals surface area contributed by atoms with Crippen LogP contribution in [-0.2, 0) is 11.3 Å². The van der Waals surface area contributed by atoms with Crippen molar-refractivity contribution in [2.75, 3.05) is 7.05 Å². The normalized spacial score (nSPS) is 12.2. The molecule has 1 atom stereocenters. The van der Waals surface area contributed by atoms with Crippen LogP contribution in [0, 0.1) is 5.82 Å². The van der Waals surface area contributed by atoms with E-state index in [1.165, 1.54) is 17.0 Å². The molecule has 1 aromatic carbocycles. The Kier molecular flexibility index (Phi) is 4.43. The Morgan fingerprint density at radius 2 is 2.25 bits per heavy atom. The van der Waals surface area contributed by atoms with Gasteiger partial charge < -0.3 is 10.6 Å².